The van der Waals surface area contributed by atoms with Crippen LogP contribution in [0.2, 0.25) is 0 Å². The average Bonchev–Trinajstić information content (AvgIpc) is 3.10. The van der Waals surface area contributed by atoms with Gasteiger partial charge in [-0.15, -0.1) is 0 Å². The third-order valence-corrected chi connectivity index (χ3v) is 5.41. The first-order valence-corrected chi connectivity index (χ1v) is 9.95. The Bertz CT molecular complexity index is 561. The van der Waals surface area contributed by atoms with Gasteiger partial charge in [-0.1, -0.05) is 19.3 Å². The van der Waals surface area contributed by atoms with Gasteiger partial charge >= 0.3 is 0 Å². The second kappa shape index (κ2) is 9.48. The summed E-state index contributed by atoms with van der Waals surface area (Å²) in [6, 6.07) is 0. The van der Waals surface area contributed by atoms with Gasteiger partial charge in [-0.25, -0.2) is 4.98 Å². The summed E-state index contributed by atoms with van der Waals surface area (Å²) in [5.41, 5.74) is 0.378. The number of amides is 1. The normalized spacial score (nSPS) is 21.6. The monoisotopic (exact) mass is 364 g/mol. The molecule has 1 aromatic rings. The molecule has 7 heteroatoms. The highest BCUT2D eigenvalue weighted by molar-refractivity contribution is 5.91. The molecule has 0 radical (unpaired) electrons. The predicted octanol–water partition coefficient (Wildman–Crippen LogP) is 1.48. The molecule has 2 aliphatic rings. The molecule has 1 aliphatic carbocycles. The van der Waals surface area contributed by atoms with Gasteiger partial charge in [-0.2, -0.15) is 0 Å². The lowest BCUT2D eigenvalue weighted by Crippen LogP contribution is -2.47. The van der Waals surface area contributed by atoms with Gasteiger partial charge in [-0.3, -0.25) is 14.6 Å². The molecule has 146 valence electrons. The van der Waals surface area contributed by atoms with Crippen LogP contribution in [0.25, 0.3) is 0 Å². The molecule has 0 unspecified atom stereocenters. The largest absolute Gasteiger partial charge is 0.447 e. The number of nitrogens with one attached hydrogen (secondary N) is 1. The van der Waals surface area contributed by atoms with Crippen LogP contribution in [0.5, 0.6) is 0 Å². The van der Waals surface area contributed by atoms with E-state index in [9.17, 15) is 9.90 Å². The molecule has 0 bridgehead atoms. The number of β-amino-alcohol motifs (C(OH)–C–C–N with tert-alkyl or cyclic N) is 1. The van der Waals surface area contributed by atoms with Crippen molar-refractivity contribution in [2.75, 3.05) is 39.3 Å². The maximum Gasteiger partial charge on any atom is 0.273 e. The molecule has 2 fully saturated rings. The van der Waals surface area contributed by atoms with Crippen molar-refractivity contribution in [3.05, 3.63) is 17.8 Å². The standard InChI is InChI=1S/C19H32N4O3/c1-15(24)12-22-7-9-23(10-8-22)13-18-21-17(14-26-18)19(25)20-11-16-5-3-2-4-6-16/h14-16,24H,2-13H2,1H3,(H,20,25)/t15-/m0/s1. The van der Waals surface area contributed by atoms with E-state index >= 15 is 0 Å². The Morgan fingerprint density at radius 3 is 2.65 bits per heavy atom. The zero-order valence-corrected chi connectivity index (χ0v) is 15.8. The van der Waals surface area contributed by atoms with Gasteiger partial charge in [0, 0.05) is 39.3 Å². The number of aliphatic hydroxyl groups excluding tert-OH is 1. The van der Waals surface area contributed by atoms with Crippen LogP contribution in [0.1, 0.15) is 55.4 Å². The minimum atomic E-state index is -0.289. The van der Waals surface area contributed by atoms with Crippen molar-refractivity contribution in [1.29, 1.82) is 0 Å². The Morgan fingerprint density at radius 2 is 1.96 bits per heavy atom. The fourth-order valence-electron chi connectivity index (χ4n) is 3.90. The van der Waals surface area contributed by atoms with Gasteiger partial charge in [0.15, 0.2) is 5.69 Å². The van der Waals surface area contributed by atoms with Gasteiger partial charge in [0.2, 0.25) is 5.89 Å². The molecule has 1 saturated heterocycles. The van der Waals surface area contributed by atoms with Crippen LogP contribution >= 0.6 is 0 Å². The molecule has 1 aliphatic heterocycles. The number of nitrogens with zero attached hydrogens (tertiary/aromatic N) is 3. The zero-order chi connectivity index (χ0) is 18.4. The SMILES string of the molecule is C[C@H](O)CN1CCN(Cc2nc(C(=O)NCC3CCCCC3)co2)CC1. The summed E-state index contributed by atoms with van der Waals surface area (Å²) in [5, 5.41) is 12.5. The number of oxazole rings is 1. The summed E-state index contributed by atoms with van der Waals surface area (Å²) >= 11 is 0. The van der Waals surface area contributed by atoms with Crippen molar-refractivity contribution in [1.82, 2.24) is 20.1 Å². The molecule has 1 saturated carbocycles. The molecule has 0 aromatic carbocycles. The van der Waals surface area contributed by atoms with E-state index < -0.39 is 0 Å². The molecular formula is C19H32N4O3. The quantitative estimate of drug-likeness (QED) is 0.763. The fourth-order valence-corrected chi connectivity index (χ4v) is 3.90. The second-order valence-electron chi connectivity index (χ2n) is 7.77. The third-order valence-electron chi connectivity index (χ3n) is 5.41. The molecular weight excluding hydrogens is 332 g/mol. The lowest BCUT2D eigenvalue weighted by Gasteiger charge is -2.34. The molecule has 1 amide bonds. The van der Waals surface area contributed by atoms with Crippen LogP contribution in [0.3, 0.4) is 0 Å². The second-order valence-corrected chi connectivity index (χ2v) is 7.77. The summed E-state index contributed by atoms with van der Waals surface area (Å²) in [6.07, 6.45) is 7.48. The number of carbonyl (C=O) groups is 1. The summed E-state index contributed by atoms with van der Waals surface area (Å²) in [6.45, 7) is 7.60. The molecule has 7 nitrogen and oxygen atoms in total. The molecule has 2 heterocycles. The Balaban J connectivity index is 1.41. The van der Waals surface area contributed by atoms with E-state index in [2.05, 4.69) is 20.1 Å². The van der Waals surface area contributed by atoms with Crippen molar-refractivity contribution < 1.29 is 14.3 Å². The van der Waals surface area contributed by atoms with Gasteiger partial charge in [0.1, 0.15) is 6.26 Å². The van der Waals surface area contributed by atoms with Gasteiger partial charge in [0.25, 0.3) is 5.91 Å². The summed E-state index contributed by atoms with van der Waals surface area (Å²) in [4.78, 5) is 21.2. The highest BCUT2D eigenvalue weighted by Gasteiger charge is 2.21. The van der Waals surface area contributed by atoms with Crippen LogP contribution in [0.15, 0.2) is 10.7 Å². The molecule has 26 heavy (non-hydrogen) atoms. The molecule has 1 aromatic heterocycles. The van der Waals surface area contributed by atoms with Gasteiger partial charge in [0.05, 0.1) is 12.6 Å². The van der Waals surface area contributed by atoms with E-state index in [1.54, 1.807) is 0 Å². The van der Waals surface area contributed by atoms with E-state index in [4.69, 9.17) is 4.42 Å². The predicted molar refractivity (Wildman–Crippen MR) is 98.8 cm³/mol. The van der Waals surface area contributed by atoms with Crippen LogP contribution in [0.4, 0.5) is 0 Å². The number of hydrogen-bond donors (Lipinski definition) is 2. The molecule has 0 spiro atoms. The van der Waals surface area contributed by atoms with E-state index in [0.29, 0.717) is 24.0 Å². The number of rotatable bonds is 7. The van der Waals surface area contributed by atoms with Crippen LogP contribution < -0.4 is 5.32 Å². The van der Waals surface area contributed by atoms with Crippen molar-refractivity contribution >= 4 is 5.91 Å². The Morgan fingerprint density at radius 1 is 1.27 bits per heavy atom. The summed E-state index contributed by atoms with van der Waals surface area (Å²) in [7, 11) is 0. The number of hydrogen-bond acceptors (Lipinski definition) is 6. The Labute approximate surface area is 155 Å². The molecule has 2 N–H and O–H groups in total. The van der Waals surface area contributed by atoms with Crippen molar-refractivity contribution in [2.24, 2.45) is 5.92 Å². The number of aromatic nitrogens is 1. The first-order chi connectivity index (χ1) is 12.6. The maximum atomic E-state index is 12.3. The Hall–Kier alpha value is -1.44. The first-order valence-electron chi connectivity index (χ1n) is 9.95. The maximum absolute atomic E-state index is 12.3. The lowest BCUT2D eigenvalue weighted by molar-refractivity contribution is 0.0747. The van der Waals surface area contributed by atoms with Crippen LogP contribution in [0, 0.1) is 5.92 Å². The van der Waals surface area contributed by atoms with Gasteiger partial charge in [-0.05, 0) is 25.7 Å². The topological polar surface area (TPSA) is 81.8 Å². The summed E-state index contributed by atoms with van der Waals surface area (Å²) < 4.78 is 5.50. The number of aliphatic hydroxyl groups is 1. The molecule has 3 rings (SSSR count). The number of carbonyl (C=O) groups excluding carboxylic acids is 1. The van der Waals surface area contributed by atoms with Crippen LogP contribution in [-0.2, 0) is 6.54 Å². The highest BCUT2D eigenvalue weighted by atomic mass is 16.3. The minimum absolute atomic E-state index is 0.132. The summed E-state index contributed by atoms with van der Waals surface area (Å²) in [5.74, 6) is 1.07. The Kier molecular flexibility index (Phi) is 7.05. The van der Waals surface area contributed by atoms with E-state index in [1.807, 2.05) is 6.92 Å². The van der Waals surface area contributed by atoms with Gasteiger partial charge < -0.3 is 14.8 Å². The fraction of sp³-hybridized carbons (Fsp3) is 0.789. The number of piperazine rings is 1. The van der Waals surface area contributed by atoms with Crippen LogP contribution in [-0.4, -0.2) is 71.2 Å². The van der Waals surface area contributed by atoms with E-state index in [1.165, 1.54) is 38.4 Å². The molecule has 1 atom stereocenters. The third kappa shape index (κ3) is 5.79. The van der Waals surface area contributed by atoms with Crippen molar-refractivity contribution in [3.63, 3.8) is 0 Å². The van der Waals surface area contributed by atoms with E-state index in [-0.39, 0.29) is 12.0 Å². The van der Waals surface area contributed by atoms with E-state index in [0.717, 1.165) is 39.3 Å². The minimum Gasteiger partial charge on any atom is -0.447 e. The van der Waals surface area contributed by atoms with Crippen molar-refractivity contribution in [2.45, 2.75) is 51.7 Å². The average molecular weight is 364 g/mol. The zero-order valence-electron chi connectivity index (χ0n) is 15.8. The first kappa shape index (κ1) is 19.3. The highest BCUT2D eigenvalue weighted by Crippen LogP contribution is 2.22. The van der Waals surface area contributed by atoms with Crippen molar-refractivity contribution in [3.8, 4) is 0 Å². The smallest absolute Gasteiger partial charge is 0.273 e. The lowest BCUT2D eigenvalue weighted by atomic mass is 9.89.